The number of hydrogen-bond donors (Lipinski definition) is 0. The number of rotatable bonds is 5. The van der Waals surface area contributed by atoms with Gasteiger partial charge in [0, 0.05) is 5.41 Å². The minimum atomic E-state index is -0.910. The van der Waals surface area contributed by atoms with Crippen molar-refractivity contribution in [3.8, 4) is 0 Å². The van der Waals surface area contributed by atoms with Gasteiger partial charge in [0.1, 0.15) is 5.78 Å². The lowest BCUT2D eigenvalue weighted by Crippen LogP contribution is -2.29. The first-order valence-corrected chi connectivity index (χ1v) is 5.45. The summed E-state index contributed by atoms with van der Waals surface area (Å²) in [5, 5.41) is 0. The van der Waals surface area contributed by atoms with Gasteiger partial charge in [-0.15, -0.1) is 0 Å². The van der Waals surface area contributed by atoms with Crippen LogP contribution in [0.1, 0.15) is 47.5 Å². The molecule has 0 aromatic rings. The summed E-state index contributed by atoms with van der Waals surface area (Å²) in [5.41, 5.74) is -0.605. The molecule has 16 heavy (non-hydrogen) atoms. The Kier molecular flexibility index (Phi) is 5.35. The minimum absolute atomic E-state index is 0.251. The van der Waals surface area contributed by atoms with Crippen molar-refractivity contribution in [2.24, 2.45) is 5.41 Å². The Labute approximate surface area is 96.4 Å². The number of ether oxygens (including phenoxy) is 1. The summed E-state index contributed by atoms with van der Waals surface area (Å²) < 4.78 is 4.83. The number of carbonyl (C=O) groups is 3. The molecule has 0 aromatic heterocycles. The van der Waals surface area contributed by atoms with Crippen LogP contribution in [0, 0.1) is 5.41 Å². The third kappa shape index (κ3) is 5.05. The maximum absolute atomic E-state index is 11.5. The van der Waals surface area contributed by atoms with Crippen LogP contribution in [0.2, 0.25) is 0 Å². The quantitative estimate of drug-likeness (QED) is 0.409. The molecule has 0 aromatic carbocycles. The molecule has 0 saturated heterocycles. The highest BCUT2D eigenvalue weighted by Crippen LogP contribution is 2.17. The normalized spacial score (nSPS) is 13.1. The monoisotopic (exact) mass is 228 g/mol. The zero-order valence-corrected chi connectivity index (χ0v) is 10.6. The summed E-state index contributed by atoms with van der Waals surface area (Å²) in [6.07, 6.45) is -0.0217. The average molecular weight is 228 g/mol. The van der Waals surface area contributed by atoms with Gasteiger partial charge in [-0.1, -0.05) is 27.7 Å². The highest BCUT2D eigenvalue weighted by atomic mass is 16.5. The Hall–Kier alpha value is -1.19. The van der Waals surface area contributed by atoms with Crippen molar-refractivity contribution in [1.29, 1.82) is 0 Å². The molecule has 0 saturated carbocycles. The van der Waals surface area contributed by atoms with E-state index in [9.17, 15) is 14.4 Å². The Bertz CT molecular complexity index is 286. The molecule has 0 aliphatic heterocycles. The topological polar surface area (TPSA) is 60.4 Å². The van der Waals surface area contributed by atoms with Crippen molar-refractivity contribution in [3.63, 3.8) is 0 Å². The molecule has 1 unspecified atom stereocenters. The Morgan fingerprint density at radius 3 is 2.06 bits per heavy atom. The Morgan fingerprint density at radius 2 is 1.69 bits per heavy atom. The predicted molar refractivity (Wildman–Crippen MR) is 59.9 cm³/mol. The number of Topliss-reactive ketones (excluding diaryl/α,β-unsaturated/α-hetero) is 2. The molecule has 0 rings (SSSR count). The zero-order chi connectivity index (χ0) is 12.9. The molecule has 0 N–H and O–H groups in total. The summed E-state index contributed by atoms with van der Waals surface area (Å²) in [7, 11) is 0. The van der Waals surface area contributed by atoms with Crippen LogP contribution in [0.3, 0.4) is 0 Å². The molecule has 4 heteroatoms. The van der Waals surface area contributed by atoms with Crippen LogP contribution in [0.15, 0.2) is 0 Å². The Morgan fingerprint density at radius 1 is 1.19 bits per heavy atom. The summed E-state index contributed by atoms with van der Waals surface area (Å²) in [6, 6.07) is 0. The fourth-order valence-corrected chi connectivity index (χ4v) is 0.815. The van der Waals surface area contributed by atoms with Gasteiger partial charge >= 0.3 is 5.97 Å². The van der Waals surface area contributed by atoms with Crippen molar-refractivity contribution < 1.29 is 19.1 Å². The third-order valence-electron chi connectivity index (χ3n) is 2.27. The van der Waals surface area contributed by atoms with Gasteiger partial charge in [0.2, 0.25) is 5.78 Å². The van der Waals surface area contributed by atoms with Crippen molar-refractivity contribution in [1.82, 2.24) is 0 Å². The second kappa shape index (κ2) is 5.77. The standard InChI is InChI=1S/C12H20O4/c1-6-8(2)16-11(15)9(13)7-10(14)12(3,4)5/h8H,6-7H2,1-5H3. The molecule has 4 nitrogen and oxygen atoms in total. The maximum Gasteiger partial charge on any atom is 0.375 e. The van der Waals surface area contributed by atoms with E-state index in [4.69, 9.17) is 4.74 Å². The van der Waals surface area contributed by atoms with Crippen LogP contribution < -0.4 is 0 Å². The molecule has 0 amide bonds. The molecule has 0 bridgehead atoms. The van der Waals surface area contributed by atoms with Gasteiger partial charge in [0.25, 0.3) is 0 Å². The van der Waals surface area contributed by atoms with Gasteiger partial charge in [0.15, 0.2) is 0 Å². The second-order valence-electron chi connectivity index (χ2n) is 4.90. The fourth-order valence-electron chi connectivity index (χ4n) is 0.815. The van der Waals surface area contributed by atoms with Crippen molar-refractivity contribution in [2.45, 2.75) is 53.6 Å². The highest BCUT2D eigenvalue weighted by Gasteiger charge is 2.27. The minimum Gasteiger partial charge on any atom is -0.457 e. The first-order chi connectivity index (χ1) is 7.18. The van der Waals surface area contributed by atoms with Crippen molar-refractivity contribution in [2.75, 3.05) is 0 Å². The highest BCUT2D eigenvalue weighted by molar-refractivity contribution is 6.37. The number of hydrogen-bond acceptors (Lipinski definition) is 4. The lowest BCUT2D eigenvalue weighted by Gasteiger charge is -2.16. The van der Waals surface area contributed by atoms with E-state index in [2.05, 4.69) is 0 Å². The Balaban J connectivity index is 4.27. The molecule has 0 radical (unpaired) electrons. The van der Waals surface area contributed by atoms with Gasteiger partial charge < -0.3 is 4.74 Å². The number of esters is 1. The van der Waals surface area contributed by atoms with Gasteiger partial charge in [-0.05, 0) is 13.3 Å². The molecule has 0 heterocycles. The molecular weight excluding hydrogens is 208 g/mol. The van der Waals surface area contributed by atoms with Crippen molar-refractivity contribution >= 4 is 17.5 Å². The molecule has 0 aliphatic carbocycles. The maximum atomic E-state index is 11.5. The van der Waals surface area contributed by atoms with E-state index in [1.54, 1.807) is 27.7 Å². The van der Waals surface area contributed by atoms with Crippen LogP contribution in [0.4, 0.5) is 0 Å². The lowest BCUT2D eigenvalue weighted by atomic mass is 9.88. The van der Waals surface area contributed by atoms with Crippen molar-refractivity contribution in [3.05, 3.63) is 0 Å². The van der Waals surface area contributed by atoms with E-state index in [-0.39, 0.29) is 18.3 Å². The van der Waals surface area contributed by atoms with Gasteiger partial charge in [-0.3, -0.25) is 9.59 Å². The zero-order valence-electron chi connectivity index (χ0n) is 10.6. The van der Waals surface area contributed by atoms with E-state index in [0.717, 1.165) is 0 Å². The second-order valence-corrected chi connectivity index (χ2v) is 4.90. The summed E-state index contributed by atoms with van der Waals surface area (Å²) in [4.78, 5) is 34.1. The average Bonchev–Trinajstić information content (AvgIpc) is 2.15. The first-order valence-electron chi connectivity index (χ1n) is 5.45. The van der Waals surface area contributed by atoms with Crippen LogP contribution in [-0.4, -0.2) is 23.6 Å². The van der Waals surface area contributed by atoms with Crippen LogP contribution >= 0.6 is 0 Å². The van der Waals surface area contributed by atoms with Gasteiger partial charge in [-0.25, -0.2) is 4.79 Å². The third-order valence-corrected chi connectivity index (χ3v) is 2.27. The van der Waals surface area contributed by atoms with E-state index >= 15 is 0 Å². The van der Waals surface area contributed by atoms with Gasteiger partial charge in [-0.2, -0.15) is 0 Å². The first kappa shape index (κ1) is 14.8. The summed E-state index contributed by atoms with van der Waals surface area (Å²) in [5.74, 6) is -1.93. The smallest absolute Gasteiger partial charge is 0.375 e. The molecule has 0 fully saturated rings. The summed E-state index contributed by atoms with van der Waals surface area (Å²) in [6.45, 7) is 8.69. The van der Waals surface area contributed by atoms with Crippen LogP contribution in [0.5, 0.6) is 0 Å². The molecule has 0 spiro atoms. The van der Waals surface area contributed by atoms with E-state index in [0.29, 0.717) is 6.42 Å². The predicted octanol–water partition coefficient (Wildman–Crippen LogP) is 1.90. The van der Waals surface area contributed by atoms with Crippen LogP contribution in [0.25, 0.3) is 0 Å². The van der Waals surface area contributed by atoms with E-state index < -0.39 is 17.2 Å². The summed E-state index contributed by atoms with van der Waals surface area (Å²) >= 11 is 0. The largest absolute Gasteiger partial charge is 0.457 e. The molecule has 1 atom stereocenters. The number of ketones is 2. The van der Waals surface area contributed by atoms with Gasteiger partial charge in [0.05, 0.1) is 12.5 Å². The van der Waals surface area contributed by atoms with E-state index in [1.165, 1.54) is 0 Å². The fraction of sp³-hybridized carbons (Fsp3) is 0.750. The van der Waals surface area contributed by atoms with Crippen LogP contribution in [-0.2, 0) is 19.1 Å². The molecular formula is C12H20O4. The molecule has 0 aliphatic rings. The number of carbonyl (C=O) groups excluding carboxylic acids is 3. The molecule has 92 valence electrons. The SMILES string of the molecule is CCC(C)OC(=O)C(=O)CC(=O)C(C)(C)C. The van der Waals surface area contributed by atoms with E-state index in [1.807, 2.05) is 6.92 Å². The lowest BCUT2D eigenvalue weighted by molar-refractivity contribution is -0.158.